The lowest BCUT2D eigenvalue weighted by molar-refractivity contribution is -0.111. The van der Waals surface area contributed by atoms with Crippen LogP contribution in [-0.4, -0.2) is 29.8 Å². The van der Waals surface area contributed by atoms with Gasteiger partial charge < -0.3 is 0 Å². The van der Waals surface area contributed by atoms with E-state index in [2.05, 4.69) is 55.2 Å². The number of rotatable bonds is 4. The van der Waals surface area contributed by atoms with Gasteiger partial charge in [-0.25, -0.2) is 4.39 Å². The second-order valence-corrected chi connectivity index (χ2v) is 7.08. The number of nitrogens with zero attached hydrogens (tertiary/aromatic N) is 1. The molecule has 2 bridgehead atoms. The van der Waals surface area contributed by atoms with Crippen LogP contribution < -0.4 is 0 Å². The number of allylic oxidation sites excluding steroid dienone is 6. The summed E-state index contributed by atoms with van der Waals surface area (Å²) in [5.41, 5.74) is 3.69. The van der Waals surface area contributed by atoms with Gasteiger partial charge in [0.15, 0.2) is 5.78 Å². The van der Waals surface area contributed by atoms with Crippen molar-refractivity contribution >= 4 is 5.78 Å². The Morgan fingerprint density at radius 3 is 2.50 bits per heavy atom. The maximum Gasteiger partial charge on any atom is 0.196 e. The Bertz CT molecular complexity index is 786. The zero-order valence-electron chi connectivity index (χ0n) is 15.5. The molecule has 0 amide bonds. The third kappa shape index (κ3) is 4.28. The number of ketones is 1. The van der Waals surface area contributed by atoms with Crippen LogP contribution in [0.1, 0.15) is 32.3 Å². The third-order valence-electron chi connectivity index (χ3n) is 5.01. The SMILES string of the molecule is CCCN1CCC(C)=CC1Cc1ccccc1.O=C1C2=CC(F)=C1C=C2. The number of hydrogen-bond donors (Lipinski definition) is 0. The molecule has 1 heterocycles. The van der Waals surface area contributed by atoms with Crippen LogP contribution in [0.3, 0.4) is 0 Å². The van der Waals surface area contributed by atoms with Crippen molar-refractivity contribution in [3.05, 3.63) is 82.7 Å². The summed E-state index contributed by atoms with van der Waals surface area (Å²) in [6.45, 7) is 6.99. The second kappa shape index (κ2) is 8.41. The topological polar surface area (TPSA) is 20.3 Å². The van der Waals surface area contributed by atoms with Gasteiger partial charge >= 0.3 is 0 Å². The summed E-state index contributed by atoms with van der Waals surface area (Å²) < 4.78 is 12.4. The van der Waals surface area contributed by atoms with Crippen LogP contribution >= 0.6 is 0 Å². The Balaban J connectivity index is 0.000000181. The van der Waals surface area contributed by atoms with Gasteiger partial charge in [-0.05, 0) is 50.4 Å². The van der Waals surface area contributed by atoms with Crippen molar-refractivity contribution in [2.45, 2.75) is 39.2 Å². The highest BCUT2D eigenvalue weighted by atomic mass is 19.1. The molecule has 0 aromatic heterocycles. The highest BCUT2D eigenvalue weighted by molar-refractivity contribution is 6.18. The van der Waals surface area contributed by atoms with Gasteiger partial charge in [0.25, 0.3) is 0 Å². The molecule has 1 aromatic rings. The summed E-state index contributed by atoms with van der Waals surface area (Å²) in [6.07, 6.45) is 10.5. The standard InChI is InChI=1S/C16H23N.C7H3FO/c1-3-10-17-11-9-14(2)12-16(17)13-15-7-5-4-6-8-15;8-6-3-4-1-2-5(6)7(4)9/h4-8,12,16H,3,9-11,13H2,1-2H3;1-3H. The first-order chi connectivity index (χ1) is 12.6. The summed E-state index contributed by atoms with van der Waals surface area (Å²) in [5.74, 6) is -0.565. The Morgan fingerprint density at radius 2 is 1.96 bits per heavy atom. The van der Waals surface area contributed by atoms with Gasteiger partial charge in [0, 0.05) is 18.2 Å². The first-order valence-electron chi connectivity index (χ1n) is 9.38. The van der Waals surface area contributed by atoms with E-state index in [0.29, 0.717) is 11.6 Å². The van der Waals surface area contributed by atoms with Gasteiger partial charge in [-0.2, -0.15) is 0 Å². The van der Waals surface area contributed by atoms with E-state index in [4.69, 9.17) is 0 Å². The zero-order chi connectivity index (χ0) is 18.5. The summed E-state index contributed by atoms with van der Waals surface area (Å²) >= 11 is 0. The van der Waals surface area contributed by atoms with Crippen LogP contribution in [0.2, 0.25) is 0 Å². The molecule has 0 N–H and O–H groups in total. The third-order valence-corrected chi connectivity index (χ3v) is 5.01. The van der Waals surface area contributed by atoms with Crippen molar-refractivity contribution in [2.24, 2.45) is 0 Å². The minimum absolute atomic E-state index is 0.174. The Kier molecular flexibility index (Phi) is 6.00. The number of halogens is 1. The van der Waals surface area contributed by atoms with Crippen molar-refractivity contribution in [3.8, 4) is 0 Å². The molecule has 1 aliphatic heterocycles. The van der Waals surface area contributed by atoms with E-state index in [9.17, 15) is 9.18 Å². The normalized spacial score (nSPS) is 21.5. The van der Waals surface area contributed by atoms with Crippen molar-refractivity contribution in [1.82, 2.24) is 4.90 Å². The van der Waals surface area contributed by atoms with E-state index in [-0.39, 0.29) is 11.4 Å². The average molecular weight is 351 g/mol. The number of Topliss-reactive ketones (excluding diaryl/α,β-unsaturated/α-hetero) is 1. The number of fused-ring (bicyclic) bond motifs is 2. The van der Waals surface area contributed by atoms with Gasteiger partial charge in [0.2, 0.25) is 0 Å². The molecule has 2 nitrogen and oxygen atoms in total. The lowest BCUT2D eigenvalue weighted by atomic mass is 9.97. The molecule has 2 aliphatic carbocycles. The van der Waals surface area contributed by atoms with E-state index in [1.165, 1.54) is 43.6 Å². The molecule has 3 heteroatoms. The van der Waals surface area contributed by atoms with Crippen LogP contribution in [0.5, 0.6) is 0 Å². The zero-order valence-corrected chi connectivity index (χ0v) is 15.5. The van der Waals surface area contributed by atoms with Gasteiger partial charge in [-0.3, -0.25) is 9.69 Å². The van der Waals surface area contributed by atoms with Crippen molar-refractivity contribution in [2.75, 3.05) is 13.1 Å². The van der Waals surface area contributed by atoms with Crippen LogP contribution in [0.15, 0.2) is 77.2 Å². The quantitative estimate of drug-likeness (QED) is 0.716. The molecule has 0 saturated heterocycles. The molecule has 0 radical (unpaired) electrons. The molecule has 0 spiro atoms. The number of hydrogen-bond acceptors (Lipinski definition) is 2. The minimum atomic E-state index is -0.391. The Labute approximate surface area is 155 Å². The van der Waals surface area contributed by atoms with E-state index < -0.39 is 5.83 Å². The van der Waals surface area contributed by atoms with Crippen LogP contribution in [0.4, 0.5) is 4.39 Å². The molecule has 1 atom stereocenters. The fourth-order valence-corrected chi connectivity index (χ4v) is 3.61. The van der Waals surface area contributed by atoms with Gasteiger partial charge in [0.1, 0.15) is 5.83 Å². The summed E-state index contributed by atoms with van der Waals surface area (Å²) in [7, 11) is 0. The summed E-state index contributed by atoms with van der Waals surface area (Å²) in [5, 5.41) is 0. The highest BCUT2D eigenvalue weighted by Gasteiger charge is 2.26. The molecule has 136 valence electrons. The largest absolute Gasteiger partial charge is 0.296 e. The van der Waals surface area contributed by atoms with Crippen LogP contribution in [-0.2, 0) is 11.2 Å². The number of carbonyl (C=O) groups excluding carboxylic acids is 1. The molecule has 4 rings (SSSR count). The van der Waals surface area contributed by atoms with Gasteiger partial charge in [0.05, 0.1) is 5.57 Å². The predicted molar refractivity (Wildman–Crippen MR) is 105 cm³/mol. The molecular formula is C23H26FNO. The monoisotopic (exact) mass is 351 g/mol. The minimum Gasteiger partial charge on any atom is -0.296 e. The van der Waals surface area contributed by atoms with Crippen molar-refractivity contribution in [1.29, 1.82) is 0 Å². The van der Waals surface area contributed by atoms with E-state index >= 15 is 0 Å². The molecule has 1 unspecified atom stereocenters. The van der Waals surface area contributed by atoms with E-state index in [1.807, 2.05) is 0 Å². The average Bonchev–Trinajstić information content (AvgIpc) is 3.12. The molecule has 0 saturated carbocycles. The van der Waals surface area contributed by atoms with Crippen molar-refractivity contribution in [3.63, 3.8) is 0 Å². The first kappa shape index (κ1) is 18.5. The second-order valence-electron chi connectivity index (χ2n) is 7.08. The van der Waals surface area contributed by atoms with Crippen LogP contribution in [0.25, 0.3) is 0 Å². The molecule has 3 aliphatic rings. The summed E-state index contributed by atoms with van der Waals surface area (Å²) in [4.78, 5) is 13.4. The van der Waals surface area contributed by atoms with Crippen molar-refractivity contribution < 1.29 is 9.18 Å². The molecule has 1 aromatic carbocycles. The van der Waals surface area contributed by atoms with Gasteiger partial charge in [-0.1, -0.05) is 55.0 Å². The van der Waals surface area contributed by atoms with Gasteiger partial charge in [-0.15, -0.1) is 0 Å². The highest BCUT2D eigenvalue weighted by Crippen LogP contribution is 2.30. The maximum absolute atomic E-state index is 12.4. The molecule has 26 heavy (non-hydrogen) atoms. The molecule has 0 fully saturated rings. The first-order valence-corrected chi connectivity index (χ1v) is 9.38. The number of carbonyl (C=O) groups is 1. The number of benzene rings is 1. The lowest BCUT2D eigenvalue weighted by Gasteiger charge is -2.33. The summed E-state index contributed by atoms with van der Waals surface area (Å²) in [6, 6.07) is 11.4. The smallest absolute Gasteiger partial charge is 0.196 e. The Morgan fingerprint density at radius 1 is 1.19 bits per heavy atom. The lowest BCUT2D eigenvalue weighted by Crippen LogP contribution is -2.39. The predicted octanol–water partition coefficient (Wildman–Crippen LogP) is 4.95. The van der Waals surface area contributed by atoms with E-state index in [1.54, 1.807) is 11.6 Å². The maximum atomic E-state index is 12.4. The Hall–Kier alpha value is -2.26. The van der Waals surface area contributed by atoms with E-state index in [0.717, 1.165) is 6.42 Å². The molecular weight excluding hydrogens is 325 g/mol. The van der Waals surface area contributed by atoms with Crippen LogP contribution in [0, 0.1) is 0 Å². The fourth-order valence-electron chi connectivity index (χ4n) is 3.61. The fraction of sp³-hybridized carbons (Fsp3) is 0.348.